The zero-order valence-electron chi connectivity index (χ0n) is 13.2. The Hall–Kier alpha value is -2.81. The molecule has 0 fully saturated rings. The Balaban J connectivity index is 3.08. The Kier molecular flexibility index (Phi) is 5.17. The van der Waals surface area contributed by atoms with Crippen LogP contribution in [0.5, 0.6) is 11.5 Å². The maximum absolute atomic E-state index is 12.3. The van der Waals surface area contributed by atoms with Gasteiger partial charge in [0.05, 0.1) is 17.1 Å². The summed E-state index contributed by atoms with van der Waals surface area (Å²) in [4.78, 5) is 22.8. The van der Waals surface area contributed by atoms with Crippen molar-refractivity contribution >= 4 is 43.9 Å². The molecule has 0 aromatic heterocycles. The number of aliphatic hydroxyl groups is 1. The molecule has 0 radical (unpaired) electrons. The Morgan fingerprint density at radius 1 is 1.28 bits per heavy atom. The van der Waals surface area contributed by atoms with E-state index in [9.17, 15) is 30.2 Å². The van der Waals surface area contributed by atoms with Crippen LogP contribution in [0.1, 0.15) is 19.4 Å². The third-order valence-corrected chi connectivity index (χ3v) is 3.96. The first-order valence-corrected chi connectivity index (χ1v) is 7.88. The molecule has 0 amide bonds. The lowest BCUT2D eigenvalue weighted by Gasteiger charge is -2.14. The number of aromatic hydroxyl groups is 2. The van der Waals surface area contributed by atoms with Crippen LogP contribution >= 0.6 is 15.9 Å². The monoisotopic (exact) mass is 411 g/mol. The number of hydrogen-bond donors (Lipinski definition) is 3. The summed E-state index contributed by atoms with van der Waals surface area (Å²) in [7, 11) is 0. The molecule has 25 heavy (non-hydrogen) atoms. The largest absolute Gasteiger partial charge is 0.512 e. The number of halogens is 1. The lowest BCUT2D eigenvalue weighted by molar-refractivity contribution is -0.386. The Morgan fingerprint density at radius 2 is 1.92 bits per heavy atom. The Labute approximate surface area is 150 Å². The number of phenolic OH excluding ortho intramolecular Hbond substituents is 2. The number of nitro groups is 1. The second kappa shape index (κ2) is 6.98. The molecule has 9 heteroatoms. The van der Waals surface area contributed by atoms with Crippen LogP contribution in [0.3, 0.4) is 0 Å². The molecule has 0 aliphatic rings. The van der Waals surface area contributed by atoms with E-state index in [-0.39, 0.29) is 22.9 Å². The number of carbonyl (C=O) groups excluding carboxylic acids is 1. The van der Waals surface area contributed by atoms with Gasteiger partial charge in [-0.3, -0.25) is 10.1 Å². The quantitative estimate of drug-likeness (QED) is 0.174. The highest BCUT2D eigenvalue weighted by Gasteiger charge is 2.34. The molecular weight excluding hydrogens is 398 g/mol. The maximum Gasteiger partial charge on any atom is 0.342 e. The number of aliphatic hydroxyl groups excluding tert-OH is 1. The van der Waals surface area contributed by atoms with E-state index < -0.39 is 39.4 Å². The van der Waals surface area contributed by atoms with Crippen LogP contribution in [0.15, 0.2) is 28.4 Å². The molecule has 0 spiro atoms. The predicted octanol–water partition coefficient (Wildman–Crippen LogP) is 3.77. The summed E-state index contributed by atoms with van der Waals surface area (Å²) in [5, 5.41) is 41.8. The minimum absolute atomic E-state index is 0.0187. The van der Waals surface area contributed by atoms with Gasteiger partial charge in [0, 0.05) is 15.2 Å². The van der Waals surface area contributed by atoms with E-state index in [4.69, 9.17) is 4.74 Å². The van der Waals surface area contributed by atoms with Crippen molar-refractivity contribution < 1.29 is 29.8 Å². The van der Waals surface area contributed by atoms with Gasteiger partial charge in [-0.1, -0.05) is 15.9 Å². The van der Waals surface area contributed by atoms with Gasteiger partial charge in [-0.15, -0.1) is 0 Å². The van der Waals surface area contributed by atoms with Crippen LogP contribution in [0.25, 0.3) is 16.3 Å². The molecule has 0 atom stereocenters. The van der Waals surface area contributed by atoms with Gasteiger partial charge in [0.25, 0.3) is 0 Å². The molecule has 2 rings (SSSR count). The predicted molar refractivity (Wildman–Crippen MR) is 93.5 cm³/mol. The molecular formula is C16H14BrNO7. The van der Waals surface area contributed by atoms with E-state index in [0.717, 1.165) is 0 Å². The van der Waals surface area contributed by atoms with E-state index in [1.54, 1.807) is 13.0 Å². The van der Waals surface area contributed by atoms with Crippen molar-refractivity contribution in [2.45, 2.75) is 13.8 Å². The normalized spacial score (nSPS) is 12.0. The van der Waals surface area contributed by atoms with Crippen molar-refractivity contribution in [2.24, 2.45) is 0 Å². The lowest BCUT2D eigenvalue weighted by atomic mass is 9.94. The van der Waals surface area contributed by atoms with Gasteiger partial charge in [-0.05, 0) is 32.0 Å². The smallest absolute Gasteiger partial charge is 0.342 e. The molecule has 2 aromatic carbocycles. The third kappa shape index (κ3) is 3.22. The highest BCUT2D eigenvalue weighted by Crippen LogP contribution is 2.48. The van der Waals surface area contributed by atoms with E-state index in [1.165, 1.54) is 19.1 Å². The molecule has 3 N–H and O–H groups in total. The fraction of sp³-hybridized carbons (Fsp3) is 0.188. The van der Waals surface area contributed by atoms with Crippen LogP contribution < -0.4 is 0 Å². The molecule has 2 aromatic rings. The summed E-state index contributed by atoms with van der Waals surface area (Å²) in [6, 6.07) is 4.40. The van der Waals surface area contributed by atoms with Gasteiger partial charge in [0.2, 0.25) is 5.75 Å². The first-order valence-electron chi connectivity index (χ1n) is 7.09. The van der Waals surface area contributed by atoms with Crippen LogP contribution in [-0.2, 0) is 9.53 Å². The zero-order valence-corrected chi connectivity index (χ0v) is 14.8. The number of carbonyl (C=O) groups is 1. The SMILES string of the molecule is CCOC(=O)/C(=C(/C)O)c1c([N+](=O)[O-])c(O)c(O)c2ccc(Br)cc12. The van der Waals surface area contributed by atoms with Crippen LogP contribution in [-0.4, -0.2) is 32.8 Å². The molecule has 132 valence electrons. The molecule has 0 aliphatic heterocycles. The van der Waals surface area contributed by atoms with Crippen molar-refractivity contribution in [1.29, 1.82) is 0 Å². The summed E-state index contributed by atoms with van der Waals surface area (Å²) < 4.78 is 5.38. The number of ether oxygens (including phenoxy) is 1. The van der Waals surface area contributed by atoms with E-state index in [0.29, 0.717) is 4.47 Å². The second-order valence-electron chi connectivity index (χ2n) is 5.05. The number of benzene rings is 2. The number of phenols is 2. The lowest BCUT2D eigenvalue weighted by Crippen LogP contribution is -2.11. The summed E-state index contributed by atoms with van der Waals surface area (Å²) >= 11 is 3.22. The number of esters is 1. The number of hydrogen-bond acceptors (Lipinski definition) is 7. The topological polar surface area (TPSA) is 130 Å². The van der Waals surface area contributed by atoms with Crippen LogP contribution in [0.2, 0.25) is 0 Å². The van der Waals surface area contributed by atoms with Gasteiger partial charge in [0.1, 0.15) is 11.3 Å². The molecule has 0 heterocycles. The van der Waals surface area contributed by atoms with E-state index >= 15 is 0 Å². The van der Waals surface area contributed by atoms with Crippen molar-refractivity contribution in [3.63, 3.8) is 0 Å². The number of nitro benzene ring substituents is 1. The van der Waals surface area contributed by atoms with E-state index in [2.05, 4.69) is 15.9 Å². The third-order valence-electron chi connectivity index (χ3n) is 3.47. The molecule has 0 saturated heterocycles. The van der Waals surface area contributed by atoms with Crippen LogP contribution in [0.4, 0.5) is 5.69 Å². The molecule has 0 aliphatic carbocycles. The Bertz CT molecular complexity index is 917. The first kappa shape index (κ1) is 18.5. The summed E-state index contributed by atoms with van der Waals surface area (Å²) in [5.74, 6) is -3.21. The van der Waals surface area contributed by atoms with Gasteiger partial charge in [0.15, 0.2) is 5.75 Å². The van der Waals surface area contributed by atoms with E-state index in [1.807, 2.05) is 0 Å². The van der Waals surface area contributed by atoms with Crippen molar-refractivity contribution in [2.75, 3.05) is 6.61 Å². The molecule has 0 saturated carbocycles. The minimum Gasteiger partial charge on any atom is -0.512 e. The number of rotatable bonds is 4. The van der Waals surface area contributed by atoms with Crippen LogP contribution in [0, 0.1) is 10.1 Å². The summed E-state index contributed by atoms with van der Waals surface area (Å²) in [6.07, 6.45) is 0. The standard InChI is InChI=1S/C16H14BrNO7/c1-3-25-16(22)11(7(2)19)12-10-6-8(17)4-5-9(10)14(20)15(21)13(12)18(23)24/h4-6,19-21H,3H2,1-2H3/b11-7-. The molecule has 0 bridgehead atoms. The molecule has 0 unspecified atom stereocenters. The number of allylic oxidation sites excluding steroid dienone is 1. The fourth-order valence-corrected chi connectivity index (χ4v) is 2.84. The second-order valence-corrected chi connectivity index (χ2v) is 5.96. The van der Waals surface area contributed by atoms with Crippen molar-refractivity contribution in [3.05, 3.63) is 44.1 Å². The van der Waals surface area contributed by atoms with Gasteiger partial charge in [-0.2, -0.15) is 0 Å². The zero-order chi connectivity index (χ0) is 18.9. The number of nitrogens with zero attached hydrogens (tertiary/aromatic N) is 1. The van der Waals surface area contributed by atoms with Gasteiger partial charge in [-0.25, -0.2) is 4.79 Å². The fourth-order valence-electron chi connectivity index (χ4n) is 2.48. The number of fused-ring (bicyclic) bond motifs is 1. The Morgan fingerprint density at radius 3 is 2.44 bits per heavy atom. The van der Waals surface area contributed by atoms with Gasteiger partial charge >= 0.3 is 11.7 Å². The average molecular weight is 412 g/mol. The van der Waals surface area contributed by atoms with Crippen molar-refractivity contribution in [3.8, 4) is 11.5 Å². The highest BCUT2D eigenvalue weighted by molar-refractivity contribution is 9.10. The average Bonchev–Trinajstić information content (AvgIpc) is 2.51. The summed E-state index contributed by atoms with van der Waals surface area (Å²) in [6.45, 7) is 2.69. The molecule has 8 nitrogen and oxygen atoms in total. The summed E-state index contributed by atoms with van der Waals surface area (Å²) in [5.41, 5.74) is -1.71. The van der Waals surface area contributed by atoms with Crippen molar-refractivity contribution in [1.82, 2.24) is 0 Å². The first-order chi connectivity index (χ1) is 11.7. The van der Waals surface area contributed by atoms with Gasteiger partial charge < -0.3 is 20.1 Å². The minimum atomic E-state index is -1.00. The maximum atomic E-state index is 12.3. The highest BCUT2D eigenvalue weighted by atomic mass is 79.9.